The van der Waals surface area contributed by atoms with Gasteiger partial charge in [-0.05, 0) is 31.5 Å². The van der Waals surface area contributed by atoms with Gasteiger partial charge >= 0.3 is 0 Å². The highest BCUT2D eigenvalue weighted by molar-refractivity contribution is 5.57. The Morgan fingerprint density at radius 1 is 1.43 bits per heavy atom. The van der Waals surface area contributed by atoms with E-state index >= 15 is 0 Å². The topological polar surface area (TPSA) is 30.7 Å². The molecular formula is C11H13N3. The molecule has 14 heavy (non-hydrogen) atoms. The highest BCUT2D eigenvalue weighted by Gasteiger charge is 2.01. The molecule has 2 heterocycles. The third kappa shape index (κ3) is 1.66. The van der Waals surface area contributed by atoms with Crippen LogP contribution < -0.4 is 0 Å². The van der Waals surface area contributed by atoms with Crippen molar-refractivity contribution in [3.63, 3.8) is 0 Å². The summed E-state index contributed by atoms with van der Waals surface area (Å²) in [5.41, 5.74) is 3.29. The summed E-state index contributed by atoms with van der Waals surface area (Å²) < 4.78 is 1.90. The van der Waals surface area contributed by atoms with E-state index in [1.165, 1.54) is 5.56 Å². The van der Waals surface area contributed by atoms with Crippen LogP contribution in [0, 0.1) is 6.92 Å². The van der Waals surface area contributed by atoms with Crippen LogP contribution in [0.1, 0.15) is 12.5 Å². The molecule has 0 unspecified atom stereocenters. The van der Waals surface area contributed by atoms with E-state index in [1.54, 1.807) is 0 Å². The maximum Gasteiger partial charge on any atom is 0.0736 e. The molecule has 0 amide bonds. The predicted molar refractivity (Wildman–Crippen MR) is 55.9 cm³/mol. The fourth-order valence-corrected chi connectivity index (χ4v) is 1.36. The maximum absolute atomic E-state index is 4.30. The predicted octanol–water partition coefficient (Wildman–Crippen LogP) is 2.27. The van der Waals surface area contributed by atoms with Gasteiger partial charge in [-0.3, -0.25) is 9.67 Å². The molecule has 0 bridgehead atoms. The van der Waals surface area contributed by atoms with Gasteiger partial charge in [0, 0.05) is 24.5 Å². The molecule has 0 atom stereocenters. The molecule has 0 aliphatic carbocycles. The summed E-state index contributed by atoms with van der Waals surface area (Å²) in [5.74, 6) is 0. The first-order chi connectivity index (χ1) is 6.79. The molecule has 0 spiro atoms. The van der Waals surface area contributed by atoms with Gasteiger partial charge in [0.2, 0.25) is 0 Å². The lowest BCUT2D eigenvalue weighted by Gasteiger charge is -1.97. The van der Waals surface area contributed by atoms with Gasteiger partial charge in [0.1, 0.15) is 0 Å². The van der Waals surface area contributed by atoms with Gasteiger partial charge in [0.25, 0.3) is 0 Å². The van der Waals surface area contributed by atoms with Crippen LogP contribution in [0.25, 0.3) is 11.3 Å². The molecule has 0 saturated carbocycles. The number of rotatable bonds is 2. The van der Waals surface area contributed by atoms with E-state index in [-0.39, 0.29) is 0 Å². The van der Waals surface area contributed by atoms with E-state index in [4.69, 9.17) is 0 Å². The summed E-state index contributed by atoms with van der Waals surface area (Å²) in [5, 5.41) is 4.22. The Morgan fingerprint density at radius 2 is 2.29 bits per heavy atom. The molecule has 2 aromatic rings. The highest BCUT2D eigenvalue weighted by Crippen LogP contribution is 2.16. The molecule has 2 rings (SSSR count). The van der Waals surface area contributed by atoms with E-state index in [0.29, 0.717) is 0 Å². The van der Waals surface area contributed by atoms with E-state index in [9.17, 15) is 0 Å². The summed E-state index contributed by atoms with van der Waals surface area (Å²) in [6.07, 6.45) is 5.70. The Balaban J connectivity index is 2.39. The lowest BCUT2D eigenvalue weighted by atomic mass is 10.2. The van der Waals surface area contributed by atoms with Crippen molar-refractivity contribution < 1.29 is 0 Å². The number of aromatic nitrogens is 3. The van der Waals surface area contributed by atoms with Gasteiger partial charge < -0.3 is 0 Å². The second-order valence-electron chi connectivity index (χ2n) is 3.30. The van der Waals surface area contributed by atoms with Gasteiger partial charge in [-0.15, -0.1) is 0 Å². The Hall–Kier alpha value is -1.64. The number of hydrogen-bond acceptors (Lipinski definition) is 2. The minimum Gasteiger partial charge on any atom is -0.272 e. The van der Waals surface area contributed by atoms with Crippen molar-refractivity contribution in [1.29, 1.82) is 0 Å². The minimum atomic E-state index is 0.895. The molecule has 3 nitrogen and oxygen atoms in total. The van der Waals surface area contributed by atoms with E-state index in [0.717, 1.165) is 17.8 Å². The van der Waals surface area contributed by atoms with Crippen LogP contribution >= 0.6 is 0 Å². The molecule has 2 aromatic heterocycles. The number of aryl methyl sites for hydroxylation is 2. The lowest BCUT2D eigenvalue weighted by Crippen LogP contribution is -1.92. The lowest BCUT2D eigenvalue weighted by molar-refractivity contribution is 0.660. The second kappa shape index (κ2) is 3.62. The molecular weight excluding hydrogens is 174 g/mol. The first kappa shape index (κ1) is 8.94. The summed E-state index contributed by atoms with van der Waals surface area (Å²) in [4.78, 5) is 4.30. The molecule has 0 fully saturated rings. The molecule has 0 N–H and O–H groups in total. The van der Waals surface area contributed by atoms with Gasteiger partial charge in [-0.2, -0.15) is 5.10 Å². The van der Waals surface area contributed by atoms with Crippen LogP contribution in [-0.2, 0) is 6.54 Å². The highest BCUT2D eigenvalue weighted by atomic mass is 15.3. The number of nitrogens with zero attached hydrogens (tertiary/aromatic N) is 3. The van der Waals surface area contributed by atoms with Crippen LogP contribution in [0.4, 0.5) is 0 Å². The SMILES string of the molecule is CCn1cc(-c2cc(C)ccn2)cn1. The zero-order valence-corrected chi connectivity index (χ0v) is 8.44. The molecule has 0 saturated heterocycles. The minimum absolute atomic E-state index is 0.895. The molecule has 0 radical (unpaired) electrons. The first-order valence-electron chi connectivity index (χ1n) is 4.75. The average Bonchev–Trinajstić information content (AvgIpc) is 2.66. The normalized spacial score (nSPS) is 10.4. The van der Waals surface area contributed by atoms with Crippen molar-refractivity contribution in [2.45, 2.75) is 20.4 Å². The molecule has 0 aromatic carbocycles. The standard InChI is InChI=1S/C11H13N3/c1-3-14-8-10(7-13-14)11-6-9(2)4-5-12-11/h4-8H,3H2,1-2H3. The van der Waals surface area contributed by atoms with Gasteiger partial charge in [-0.1, -0.05) is 0 Å². The molecule has 72 valence electrons. The van der Waals surface area contributed by atoms with Crippen molar-refractivity contribution in [2.24, 2.45) is 0 Å². The second-order valence-corrected chi connectivity index (χ2v) is 3.30. The Kier molecular flexibility index (Phi) is 2.31. The number of pyridine rings is 1. The molecule has 0 aliphatic rings. The van der Waals surface area contributed by atoms with Crippen molar-refractivity contribution in [1.82, 2.24) is 14.8 Å². The fraction of sp³-hybridized carbons (Fsp3) is 0.273. The molecule has 3 heteroatoms. The van der Waals surface area contributed by atoms with Crippen LogP contribution in [0.5, 0.6) is 0 Å². The Morgan fingerprint density at radius 3 is 2.93 bits per heavy atom. The van der Waals surface area contributed by atoms with E-state index in [2.05, 4.69) is 30.0 Å². The fourth-order valence-electron chi connectivity index (χ4n) is 1.36. The monoisotopic (exact) mass is 187 g/mol. The van der Waals surface area contributed by atoms with E-state index in [1.807, 2.05) is 29.3 Å². The number of hydrogen-bond donors (Lipinski definition) is 0. The summed E-state index contributed by atoms with van der Waals surface area (Å²) in [7, 11) is 0. The third-order valence-corrected chi connectivity index (χ3v) is 2.17. The summed E-state index contributed by atoms with van der Waals surface area (Å²) in [6.45, 7) is 5.03. The zero-order chi connectivity index (χ0) is 9.97. The zero-order valence-electron chi connectivity index (χ0n) is 8.44. The van der Waals surface area contributed by atoms with Crippen LogP contribution in [-0.4, -0.2) is 14.8 Å². The third-order valence-electron chi connectivity index (χ3n) is 2.17. The quantitative estimate of drug-likeness (QED) is 0.722. The maximum atomic E-state index is 4.30. The van der Waals surface area contributed by atoms with Crippen LogP contribution in [0.2, 0.25) is 0 Å². The Labute approximate surface area is 83.4 Å². The summed E-state index contributed by atoms with van der Waals surface area (Å²) in [6, 6.07) is 4.06. The largest absolute Gasteiger partial charge is 0.272 e. The van der Waals surface area contributed by atoms with Crippen molar-refractivity contribution in [3.05, 3.63) is 36.3 Å². The van der Waals surface area contributed by atoms with Crippen molar-refractivity contribution in [2.75, 3.05) is 0 Å². The summed E-state index contributed by atoms with van der Waals surface area (Å²) >= 11 is 0. The van der Waals surface area contributed by atoms with Gasteiger partial charge in [0.05, 0.1) is 11.9 Å². The first-order valence-corrected chi connectivity index (χ1v) is 4.75. The van der Waals surface area contributed by atoms with Crippen molar-refractivity contribution in [3.8, 4) is 11.3 Å². The Bertz CT molecular complexity index is 432. The average molecular weight is 187 g/mol. The van der Waals surface area contributed by atoms with Crippen molar-refractivity contribution >= 4 is 0 Å². The molecule has 0 aliphatic heterocycles. The van der Waals surface area contributed by atoms with Gasteiger partial charge in [0.15, 0.2) is 0 Å². The smallest absolute Gasteiger partial charge is 0.0736 e. The van der Waals surface area contributed by atoms with Crippen LogP contribution in [0.3, 0.4) is 0 Å². The van der Waals surface area contributed by atoms with Crippen LogP contribution in [0.15, 0.2) is 30.7 Å². The van der Waals surface area contributed by atoms with E-state index < -0.39 is 0 Å². The van der Waals surface area contributed by atoms with Gasteiger partial charge in [-0.25, -0.2) is 0 Å².